The lowest BCUT2D eigenvalue weighted by Gasteiger charge is -2.18. The highest BCUT2D eigenvalue weighted by molar-refractivity contribution is 8.01. The number of nitrogens with zero attached hydrogens (tertiary/aromatic N) is 1. The van der Waals surface area contributed by atoms with Gasteiger partial charge in [-0.05, 0) is 68.1 Å². The Labute approximate surface area is 162 Å². The summed E-state index contributed by atoms with van der Waals surface area (Å²) in [6, 6.07) is 18.7. The number of carboxylic acid groups (broad SMARTS) is 1. The molecule has 1 fully saturated rings. The molecule has 0 atom stereocenters. The van der Waals surface area contributed by atoms with Crippen molar-refractivity contribution in [3.63, 3.8) is 0 Å². The highest BCUT2D eigenvalue weighted by Gasteiger charge is 2.44. The van der Waals surface area contributed by atoms with Gasteiger partial charge in [0.25, 0.3) is 0 Å². The summed E-state index contributed by atoms with van der Waals surface area (Å²) in [5.41, 5.74) is 3.86. The minimum atomic E-state index is -0.878. The van der Waals surface area contributed by atoms with E-state index >= 15 is 0 Å². The topological polar surface area (TPSA) is 76.9 Å². The number of thioether (sulfide) groups is 1. The molecule has 1 aromatic heterocycles. The number of carbonyl (C=O) groups is 1. The number of nitrogens with one attached hydrogen (secondary N) is 1. The fourth-order valence-electron chi connectivity index (χ4n) is 3.24. The van der Waals surface area contributed by atoms with Crippen LogP contribution >= 0.6 is 11.8 Å². The van der Waals surface area contributed by atoms with Gasteiger partial charge in [-0.15, -0.1) is 11.8 Å². The van der Waals surface area contributed by atoms with Gasteiger partial charge in [0, 0.05) is 21.5 Å². The van der Waals surface area contributed by atoms with Crippen molar-refractivity contribution in [1.29, 1.82) is 5.26 Å². The summed E-state index contributed by atoms with van der Waals surface area (Å²) in [6.07, 6.45) is 1.86. The van der Waals surface area contributed by atoms with Crippen LogP contribution < -0.4 is 0 Å². The molecule has 0 amide bonds. The number of fused-ring (bicyclic) bond motifs is 1. The number of benzene rings is 2. The second-order valence-corrected chi connectivity index (χ2v) is 9.32. The van der Waals surface area contributed by atoms with Crippen molar-refractivity contribution in [2.75, 3.05) is 0 Å². The molecule has 0 radical (unpaired) electrons. The summed E-state index contributed by atoms with van der Waals surface area (Å²) in [5.74, 6) is -0.828. The fraction of sp³-hybridized carbons (Fsp3) is 0.273. The van der Waals surface area contributed by atoms with E-state index in [1.165, 1.54) is 11.8 Å². The summed E-state index contributed by atoms with van der Waals surface area (Å²) in [7, 11) is 0. The van der Waals surface area contributed by atoms with Crippen molar-refractivity contribution in [1.82, 2.24) is 4.98 Å². The van der Waals surface area contributed by atoms with Crippen molar-refractivity contribution in [2.45, 2.75) is 41.7 Å². The van der Waals surface area contributed by atoms with Gasteiger partial charge < -0.3 is 10.1 Å². The lowest BCUT2D eigenvalue weighted by Crippen LogP contribution is -2.26. The van der Waals surface area contributed by atoms with Crippen LogP contribution in [0.1, 0.15) is 32.3 Å². The predicted molar refractivity (Wildman–Crippen MR) is 108 cm³/mol. The second-order valence-electron chi connectivity index (χ2n) is 7.62. The Bertz CT molecular complexity index is 1090. The molecule has 2 N–H and O–H groups in total. The Morgan fingerprint density at radius 3 is 2.67 bits per heavy atom. The molecule has 1 heterocycles. The summed E-state index contributed by atoms with van der Waals surface area (Å²) in [5, 5.41) is 19.8. The molecule has 27 heavy (non-hydrogen) atoms. The number of hydrogen-bond acceptors (Lipinski definition) is 3. The van der Waals surface area contributed by atoms with Crippen molar-refractivity contribution in [2.24, 2.45) is 0 Å². The SMILES string of the molecule is CC(C)(Sc1ccc2[nH]c(-c3cccc(C4(C#N)CC4)c3)cc2c1)C(=O)O. The van der Waals surface area contributed by atoms with E-state index in [1.54, 1.807) is 13.8 Å². The van der Waals surface area contributed by atoms with Gasteiger partial charge in [0.1, 0.15) is 4.75 Å². The van der Waals surface area contributed by atoms with Crippen molar-refractivity contribution >= 4 is 28.6 Å². The van der Waals surface area contributed by atoms with Crippen LogP contribution in [-0.2, 0) is 10.2 Å². The molecule has 0 spiro atoms. The number of H-pyrrole nitrogens is 1. The van der Waals surface area contributed by atoms with Gasteiger partial charge in [0.2, 0.25) is 0 Å². The molecule has 0 aliphatic heterocycles. The average Bonchev–Trinajstić information content (AvgIpc) is 3.34. The molecule has 0 unspecified atom stereocenters. The van der Waals surface area contributed by atoms with Gasteiger partial charge in [-0.25, -0.2) is 0 Å². The van der Waals surface area contributed by atoms with Crippen LogP contribution in [-0.4, -0.2) is 20.8 Å². The Kier molecular flexibility index (Phi) is 4.05. The summed E-state index contributed by atoms with van der Waals surface area (Å²) in [4.78, 5) is 15.7. The number of hydrogen-bond donors (Lipinski definition) is 2. The van der Waals surface area contributed by atoms with E-state index in [4.69, 9.17) is 0 Å². The minimum Gasteiger partial charge on any atom is -0.480 e. The van der Waals surface area contributed by atoms with Crippen molar-refractivity contribution in [3.8, 4) is 17.3 Å². The number of aliphatic carboxylic acids is 1. The first-order valence-corrected chi connectivity index (χ1v) is 9.72. The van der Waals surface area contributed by atoms with E-state index in [0.29, 0.717) is 0 Å². The first-order valence-electron chi connectivity index (χ1n) is 8.90. The van der Waals surface area contributed by atoms with Crippen LogP contribution in [0.15, 0.2) is 53.4 Å². The number of carboxylic acids is 1. The summed E-state index contributed by atoms with van der Waals surface area (Å²) in [6.45, 7) is 3.42. The van der Waals surface area contributed by atoms with Crippen LogP contribution in [0.5, 0.6) is 0 Å². The van der Waals surface area contributed by atoms with Crippen LogP contribution in [0, 0.1) is 11.3 Å². The van der Waals surface area contributed by atoms with Gasteiger partial charge in [0.05, 0.1) is 11.5 Å². The maximum absolute atomic E-state index is 11.4. The first kappa shape index (κ1) is 17.7. The number of rotatable bonds is 5. The molecule has 4 nitrogen and oxygen atoms in total. The molecular weight excluding hydrogens is 356 g/mol. The van der Waals surface area contributed by atoms with E-state index in [9.17, 15) is 15.2 Å². The van der Waals surface area contributed by atoms with Gasteiger partial charge in [0.15, 0.2) is 0 Å². The van der Waals surface area contributed by atoms with Gasteiger partial charge in [-0.1, -0.05) is 18.2 Å². The van der Waals surface area contributed by atoms with Crippen LogP contribution in [0.4, 0.5) is 0 Å². The van der Waals surface area contributed by atoms with Gasteiger partial charge >= 0.3 is 5.97 Å². The zero-order valence-electron chi connectivity index (χ0n) is 15.2. The van der Waals surface area contributed by atoms with Gasteiger partial charge in [-0.3, -0.25) is 4.79 Å². The molecule has 1 aliphatic carbocycles. The Morgan fingerprint density at radius 2 is 2.00 bits per heavy atom. The smallest absolute Gasteiger partial charge is 0.319 e. The van der Waals surface area contributed by atoms with Gasteiger partial charge in [-0.2, -0.15) is 5.26 Å². The lowest BCUT2D eigenvalue weighted by atomic mass is 9.95. The third-order valence-corrected chi connectivity index (χ3v) is 6.35. The van der Waals surface area contributed by atoms with E-state index < -0.39 is 10.7 Å². The lowest BCUT2D eigenvalue weighted by molar-refractivity contribution is -0.138. The third kappa shape index (κ3) is 3.22. The Hall–Kier alpha value is -2.71. The fourth-order valence-corrected chi connectivity index (χ4v) is 4.24. The molecule has 136 valence electrons. The number of aromatic amines is 1. The van der Waals surface area contributed by atoms with Crippen molar-refractivity contribution < 1.29 is 9.90 Å². The van der Waals surface area contributed by atoms with Crippen LogP contribution in [0.2, 0.25) is 0 Å². The van der Waals surface area contributed by atoms with E-state index in [2.05, 4.69) is 23.2 Å². The number of aromatic nitrogens is 1. The largest absolute Gasteiger partial charge is 0.480 e. The van der Waals surface area contributed by atoms with E-state index in [1.807, 2.05) is 36.4 Å². The normalized spacial score (nSPS) is 15.4. The highest BCUT2D eigenvalue weighted by atomic mass is 32.2. The standard InChI is InChI=1S/C22H20N2O2S/c1-21(2,20(25)26)27-17-6-7-18-15(11-17)12-19(24-18)14-4-3-5-16(10-14)22(13-23)8-9-22/h3-7,10-12,24H,8-9H2,1-2H3,(H,25,26). The van der Waals surface area contributed by atoms with E-state index in [0.717, 1.165) is 45.5 Å². The molecule has 1 saturated carbocycles. The zero-order valence-corrected chi connectivity index (χ0v) is 16.1. The van der Waals surface area contributed by atoms with E-state index in [-0.39, 0.29) is 5.41 Å². The molecule has 3 aromatic rings. The van der Waals surface area contributed by atoms with Crippen LogP contribution in [0.3, 0.4) is 0 Å². The molecule has 5 heteroatoms. The quantitative estimate of drug-likeness (QED) is 0.589. The third-order valence-electron chi connectivity index (χ3n) is 5.17. The summed E-state index contributed by atoms with van der Waals surface area (Å²) >= 11 is 1.34. The number of nitriles is 1. The molecule has 0 saturated heterocycles. The minimum absolute atomic E-state index is 0.297. The molecular formula is C22H20N2O2S. The first-order chi connectivity index (χ1) is 12.8. The predicted octanol–water partition coefficient (Wildman–Crippen LogP) is 5.35. The monoisotopic (exact) mass is 376 g/mol. The second kappa shape index (κ2) is 6.17. The zero-order chi connectivity index (χ0) is 19.2. The average molecular weight is 376 g/mol. The molecule has 4 rings (SSSR count). The molecule has 0 bridgehead atoms. The molecule has 2 aromatic carbocycles. The van der Waals surface area contributed by atoms with Crippen LogP contribution in [0.25, 0.3) is 22.2 Å². The maximum Gasteiger partial charge on any atom is 0.319 e. The highest BCUT2D eigenvalue weighted by Crippen LogP contribution is 2.48. The van der Waals surface area contributed by atoms with Crippen molar-refractivity contribution in [3.05, 3.63) is 54.1 Å². The molecule has 1 aliphatic rings. The maximum atomic E-state index is 11.4. The Balaban J connectivity index is 1.68. The summed E-state index contributed by atoms with van der Waals surface area (Å²) < 4.78 is -0.878. The Morgan fingerprint density at radius 1 is 1.22 bits per heavy atom.